The van der Waals surface area contributed by atoms with Crippen LogP contribution in [-0.2, 0) is 4.79 Å². The molecule has 1 atom stereocenters. The number of hydrogen-bond acceptors (Lipinski definition) is 4. The molecule has 1 unspecified atom stereocenters. The maximum Gasteiger partial charge on any atom is 0.326 e. The summed E-state index contributed by atoms with van der Waals surface area (Å²) in [6.45, 7) is 3.38. The molecule has 0 fully saturated rings. The van der Waals surface area contributed by atoms with Crippen LogP contribution in [0.4, 0.5) is 0 Å². The van der Waals surface area contributed by atoms with Crippen molar-refractivity contribution in [2.24, 2.45) is 5.92 Å². The van der Waals surface area contributed by atoms with E-state index in [2.05, 4.69) is 10.4 Å². The zero-order valence-electron chi connectivity index (χ0n) is 12.8. The van der Waals surface area contributed by atoms with Crippen molar-refractivity contribution in [1.29, 1.82) is 0 Å². The monoisotopic (exact) mass is 315 g/mol. The van der Waals surface area contributed by atoms with Gasteiger partial charge in [-0.05, 0) is 24.1 Å². The van der Waals surface area contributed by atoms with Gasteiger partial charge >= 0.3 is 5.97 Å². The Bertz CT molecular complexity index is 768. The van der Waals surface area contributed by atoms with Gasteiger partial charge < -0.3 is 10.4 Å². The number of benzene rings is 1. The van der Waals surface area contributed by atoms with Gasteiger partial charge in [-0.25, -0.2) is 4.79 Å². The second kappa shape index (κ2) is 6.87. The van der Waals surface area contributed by atoms with Crippen molar-refractivity contribution in [2.45, 2.75) is 19.9 Å². The lowest BCUT2D eigenvalue weighted by atomic mass is 10.0. The number of nitrogens with zero attached hydrogens (tertiary/aromatic N) is 2. The first-order valence-electron chi connectivity index (χ1n) is 7.09. The summed E-state index contributed by atoms with van der Waals surface area (Å²) in [5.74, 6) is -2.04. The number of carboxylic acid groups (broad SMARTS) is 1. The summed E-state index contributed by atoms with van der Waals surface area (Å²) in [5.41, 5.74) is 0.109. The highest BCUT2D eigenvalue weighted by Gasteiger charge is 2.24. The van der Waals surface area contributed by atoms with Crippen LogP contribution in [0.1, 0.15) is 24.3 Å². The van der Waals surface area contributed by atoms with E-state index in [-0.39, 0.29) is 17.2 Å². The topological polar surface area (TPSA) is 101 Å². The fraction of sp³-hybridized carbons (Fsp3) is 0.250. The van der Waals surface area contributed by atoms with Crippen LogP contribution in [0.15, 0.2) is 47.3 Å². The molecular formula is C16H17N3O4. The Morgan fingerprint density at radius 1 is 1.13 bits per heavy atom. The molecule has 7 nitrogen and oxygen atoms in total. The number of carbonyl (C=O) groups is 2. The summed E-state index contributed by atoms with van der Waals surface area (Å²) in [7, 11) is 0. The van der Waals surface area contributed by atoms with Gasteiger partial charge in [0.1, 0.15) is 11.7 Å². The lowest BCUT2D eigenvalue weighted by molar-refractivity contribution is -0.140. The second-order valence-corrected chi connectivity index (χ2v) is 5.34. The molecule has 120 valence electrons. The van der Waals surface area contributed by atoms with E-state index in [9.17, 15) is 14.4 Å². The highest BCUT2D eigenvalue weighted by atomic mass is 16.4. The Hall–Kier alpha value is -2.96. The van der Waals surface area contributed by atoms with Gasteiger partial charge in [0, 0.05) is 6.07 Å². The van der Waals surface area contributed by atoms with Crippen LogP contribution in [0.25, 0.3) is 5.69 Å². The Labute approximate surface area is 132 Å². The molecule has 0 aliphatic rings. The Morgan fingerprint density at radius 3 is 2.35 bits per heavy atom. The quantitative estimate of drug-likeness (QED) is 0.859. The maximum atomic E-state index is 12.2. The number of para-hydroxylation sites is 1. The summed E-state index contributed by atoms with van der Waals surface area (Å²) in [4.78, 5) is 35.3. The molecule has 1 aromatic heterocycles. The van der Waals surface area contributed by atoms with E-state index >= 15 is 0 Å². The fourth-order valence-corrected chi connectivity index (χ4v) is 2.02. The summed E-state index contributed by atoms with van der Waals surface area (Å²) in [6.07, 6.45) is 0. The minimum atomic E-state index is -1.12. The van der Waals surface area contributed by atoms with E-state index in [1.165, 1.54) is 12.1 Å². The smallest absolute Gasteiger partial charge is 0.326 e. The fourth-order valence-electron chi connectivity index (χ4n) is 2.02. The first kappa shape index (κ1) is 16.4. The number of amides is 1. The van der Waals surface area contributed by atoms with Gasteiger partial charge in [0.25, 0.3) is 11.5 Å². The SMILES string of the molecule is CC(C)C(NC(=O)c1ccc(=O)n(-c2ccccc2)n1)C(=O)O. The predicted molar refractivity (Wildman–Crippen MR) is 83.6 cm³/mol. The van der Waals surface area contributed by atoms with Crippen LogP contribution in [0, 0.1) is 5.92 Å². The van der Waals surface area contributed by atoms with E-state index in [4.69, 9.17) is 5.11 Å². The zero-order chi connectivity index (χ0) is 17.0. The molecule has 1 aromatic carbocycles. The lowest BCUT2D eigenvalue weighted by Crippen LogP contribution is -2.45. The molecule has 1 amide bonds. The van der Waals surface area contributed by atoms with E-state index in [1.54, 1.807) is 44.2 Å². The van der Waals surface area contributed by atoms with E-state index in [0.29, 0.717) is 5.69 Å². The van der Waals surface area contributed by atoms with Gasteiger partial charge in [0.2, 0.25) is 0 Å². The molecule has 2 rings (SSSR count). The number of rotatable bonds is 5. The van der Waals surface area contributed by atoms with Crippen molar-refractivity contribution in [3.8, 4) is 5.69 Å². The van der Waals surface area contributed by atoms with Crippen molar-refractivity contribution in [3.05, 3.63) is 58.5 Å². The largest absolute Gasteiger partial charge is 0.480 e. The summed E-state index contributed by atoms with van der Waals surface area (Å²) >= 11 is 0. The van der Waals surface area contributed by atoms with Gasteiger partial charge in [0.05, 0.1) is 5.69 Å². The van der Waals surface area contributed by atoms with Gasteiger partial charge in [-0.15, -0.1) is 0 Å². The van der Waals surface area contributed by atoms with Crippen molar-refractivity contribution >= 4 is 11.9 Å². The van der Waals surface area contributed by atoms with Crippen LogP contribution in [0.2, 0.25) is 0 Å². The summed E-state index contributed by atoms with van der Waals surface area (Å²) in [5, 5.41) is 15.6. The standard InChI is InChI=1S/C16H17N3O4/c1-10(2)14(16(22)23)17-15(21)12-8-9-13(20)19(18-12)11-6-4-3-5-7-11/h3-10,14H,1-2H3,(H,17,21)(H,22,23). The van der Waals surface area contributed by atoms with Crippen molar-refractivity contribution in [3.63, 3.8) is 0 Å². The third-order valence-electron chi connectivity index (χ3n) is 3.25. The van der Waals surface area contributed by atoms with Crippen LogP contribution in [0.3, 0.4) is 0 Å². The molecule has 7 heteroatoms. The van der Waals surface area contributed by atoms with Crippen molar-refractivity contribution in [2.75, 3.05) is 0 Å². The minimum absolute atomic E-state index is 0.0275. The third kappa shape index (κ3) is 3.82. The van der Waals surface area contributed by atoms with Gasteiger partial charge in [0.15, 0.2) is 0 Å². The molecule has 0 saturated heterocycles. The second-order valence-electron chi connectivity index (χ2n) is 5.34. The molecule has 1 heterocycles. The van der Waals surface area contributed by atoms with E-state index < -0.39 is 17.9 Å². The molecule has 0 radical (unpaired) electrons. The number of aromatic nitrogens is 2. The van der Waals surface area contributed by atoms with E-state index in [0.717, 1.165) is 4.68 Å². The molecule has 2 aromatic rings. The summed E-state index contributed by atoms with van der Waals surface area (Å²) in [6, 6.07) is 10.1. The Morgan fingerprint density at radius 2 is 1.78 bits per heavy atom. The molecule has 0 spiro atoms. The molecule has 23 heavy (non-hydrogen) atoms. The number of hydrogen-bond donors (Lipinski definition) is 2. The Kier molecular flexibility index (Phi) is 4.90. The number of aliphatic carboxylic acids is 1. The number of carboxylic acids is 1. The van der Waals surface area contributed by atoms with Crippen LogP contribution in [0.5, 0.6) is 0 Å². The zero-order valence-corrected chi connectivity index (χ0v) is 12.8. The average Bonchev–Trinajstić information content (AvgIpc) is 2.53. The highest BCUT2D eigenvalue weighted by molar-refractivity contribution is 5.94. The molecule has 2 N–H and O–H groups in total. The normalized spacial score (nSPS) is 12.0. The van der Waals surface area contributed by atoms with Gasteiger partial charge in [-0.1, -0.05) is 32.0 Å². The number of carbonyl (C=O) groups excluding carboxylic acids is 1. The van der Waals surface area contributed by atoms with Crippen LogP contribution < -0.4 is 10.9 Å². The molecule has 0 aliphatic carbocycles. The third-order valence-corrected chi connectivity index (χ3v) is 3.25. The van der Waals surface area contributed by atoms with Crippen molar-refractivity contribution < 1.29 is 14.7 Å². The van der Waals surface area contributed by atoms with E-state index in [1.807, 2.05) is 0 Å². The lowest BCUT2D eigenvalue weighted by Gasteiger charge is -2.17. The first-order chi connectivity index (χ1) is 10.9. The highest BCUT2D eigenvalue weighted by Crippen LogP contribution is 2.05. The van der Waals surface area contributed by atoms with Gasteiger partial charge in [-0.3, -0.25) is 9.59 Å². The molecule has 0 aliphatic heterocycles. The number of nitrogens with one attached hydrogen (secondary N) is 1. The maximum absolute atomic E-state index is 12.2. The van der Waals surface area contributed by atoms with Crippen molar-refractivity contribution in [1.82, 2.24) is 15.1 Å². The van der Waals surface area contributed by atoms with Gasteiger partial charge in [-0.2, -0.15) is 9.78 Å². The van der Waals surface area contributed by atoms with Crippen LogP contribution in [-0.4, -0.2) is 32.8 Å². The Balaban J connectivity index is 2.32. The van der Waals surface area contributed by atoms with Crippen LogP contribution >= 0.6 is 0 Å². The molecule has 0 bridgehead atoms. The minimum Gasteiger partial charge on any atom is -0.480 e. The predicted octanol–water partition coefficient (Wildman–Crippen LogP) is 1.07. The molecular weight excluding hydrogens is 298 g/mol. The first-order valence-corrected chi connectivity index (χ1v) is 7.09. The average molecular weight is 315 g/mol. The summed E-state index contributed by atoms with van der Waals surface area (Å²) < 4.78 is 1.10. The molecule has 0 saturated carbocycles.